The summed E-state index contributed by atoms with van der Waals surface area (Å²) in [6, 6.07) is 10.7. The molecule has 8 nitrogen and oxygen atoms in total. The van der Waals surface area contributed by atoms with E-state index in [4.69, 9.17) is 4.74 Å². The van der Waals surface area contributed by atoms with Crippen molar-refractivity contribution in [3.05, 3.63) is 59.2 Å². The summed E-state index contributed by atoms with van der Waals surface area (Å²) in [6.07, 6.45) is 0. The number of carbonyl (C=O) groups excluding carboxylic acids is 3. The topological polar surface area (TPSA) is 119 Å². The fourth-order valence-electron chi connectivity index (χ4n) is 2.34. The van der Waals surface area contributed by atoms with E-state index in [1.165, 1.54) is 31.2 Å². The van der Waals surface area contributed by atoms with Gasteiger partial charge in [0.05, 0.1) is 4.90 Å². The number of anilines is 1. The molecule has 1 amide bonds. The largest absolute Gasteiger partial charge is 0.456 e. The Balaban J connectivity index is 1.86. The van der Waals surface area contributed by atoms with E-state index in [0.29, 0.717) is 11.3 Å². The molecular weight excluding hydrogens is 396 g/mol. The number of esters is 1. The third-order valence-corrected chi connectivity index (χ3v) is 5.49. The molecule has 2 aromatic carbocycles. The van der Waals surface area contributed by atoms with E-state index in [1.807, 2.05) is 6.92 Å². The van der Waals surface area contributed by atoms with Gasteiger partial charge < -0.3 is 10.1 Å². The van der Waals surface area contributed by atoms with Crippen molar-refractivity contribution < 1.29 is 27.5 Å². The summed E-state index contributed by atoms with van der Waals surface area (Å²) in [5.74, 6) is -1.56. The van der Waals surface area contributed by atoms with Crippen LogP contribution in [0.1, 0.15) is 28.4 Å². The monoisotopic (exact) mass is 418 g/mol. The molecule has 0 atom stereocenters. The van der Waals surface area contributed by atoms with Gasteiger partial charge in [-0.3, -0.25) is 14.4 Å². The van der Waals surface area contributed by atoms with Gasteiger partial charge in [-0.1, -0.05) is 6.07 Å². The number of nitrogens with one attached hydrogen (secondary N) is 2. The fourth-order valence-corrected chi connectivity index (χ4v) is 3.40. The Morgan fingerprint density at radius 2 is 1.62 bits per heavy atom. The molecule has 2 aromatic rings. The minimum Gasteiger partial charge on any atom is -0.456 e. The standard InChI is InChI=1S/C20H22N2O6S/c1-13-4-9-18(10-14(13)2)29(26,27)21-11-20(25)28-12-19(24)16-5-7-17(8-6-16)22-15(3)23/h4-10,21H,11-12H2,1-3H3,(H,22,23). The average molecular weight is 418 g/mol. The summed E-state index contributed by atoms with van der Waals surface area (Å²) in [4.78, 5) is 34.9. The second-order valence-corrected chi connectivity index (χ2v) is 8.18. The molecule has 0 bridgehead atoms. The zero-order valence-corrected chi connectivity index (χ0v) is 17.1. The van der Waals surface area contributed by atoms with Gasteiger partial charge in [0.25, 0.3) is 0 Å². The number of hydrogen-bond donors (Lipinski definition) is 2. The first kappa shape index (κ1) is 22.3. The van der Waals surface area contributed by atoms with E-state index >= 15 is 0 Å². The first-order chi connectivity index (χ1) is 13.6. The molecule has 0 spiro atoms. The van der Waals surface area contributed by atoms with Crippen molar-refractivity contribution in [2.24, 2.45) is 0 Å². The van der Waals surface area contributed by atoms with Crippen LogP contribution in [0.15, 0.2) is 47.4 Å². The van der Waals surface area contributed by atoms with Crippen LogP contribution in [0.2, 0.25) is 0 Å². The van der Waals surface area contributed by atoms with Crippen LogP contribution in [-0.2, 0) is 24.3 Å². The molecule has 0 saturated carbocycles. The van der Waals surface area contributed by atoms with Crippen molar-refractivity contribution in [1.29, 1.82) is 0 Å². The van der Waals surface area contributed by atoms with Crippen LogP contribution in [0, 0.1) is 13.8 Å². The van der Waals surface area contributed by atoms with Crippen LogP contribution in [-0.4, -0.2) is 39.2 Å². The van der Waals surface area contributed by atoms with Crippen LogP contribution in [0.3, 0.4) is 0 Å². The van der Waals surface area contributed by atoms with Gasteiger partial charge >= 0.3 is 5.97 Å². The summed E-state index contributed by atoms with van der Waals surface area (Å²) in [7, 11) is -3.87. The third-order valence-electron chi connectivity index (χ3n) is 4.09. The van der Waals surface area contributed by atoms with Crippen LogP contribution in [0.25, 0.3) is 0 Å². The highest BCUT2D eigenvalue weighted by molar-refractivity contribution is 7.89. The maximum atomic E-state index is 12.3. The highest BCUT2D eigenvalue weighted by Gasteiger charge is 2.17. The molecule has 2 N–H and O–H groups in total. The van der Waals surface area contributed by atoms with Gasteiger partial charge in [0, 0.05) is 18.2 Å². The number of sulfonamides is 1. The number of ketones is 1. The molecule has 9 heteroatoms. The van der Waals surface area contributed by atoms with Crippen LogP contribution in [0.5, 0.6) is 0 Å². The Morgan fingerprint density at radius 3 is 2.21 bits per heavy atom. The average Bonchev–Trinajstić information content (AvgIpc) is 2.66. The number of ether oxygens (including phenoxy) is 1. The van der Waals surface area contributed by atoms with Gasteiger partial charge in [-0.25, -0.2) is 8.42 Å². The zero-order chi connectivity index (χ0) is 21.6. The van der Waals surface area contributed by atoms with Gasteiger partial charge in [-0.2, -0.15) is 4.72 Å². The van der Waals surface area contributed by atoms with Crippen LogP contribution >= 0.6 is 0 Å². The summed E-state index contributed by atoms with van der Waals surface area (Å²) >= 11 is 0. The Bertz CT molecular complexity index is 1030. The van der Waals surface area contributed by atoms with Gasteiger partial charge in [-0.05, 0) is 61.4 Å². The Labute approximate surface area is 169 Å². The predicted octanol–water partition coefficient (Wildman–Crippen LogP) is 1.97. The lowest BCUT2D eigenvalue weighted by Gasteiger charge is -2.09. The van der Waals surface area contributed by atoms with Gasteiger partial charge in [0.1, 0.15) is 6.54 Å². The minimum atomic E-state index is -3.87. The maximum Gasteiger partial charge on any atom is 0.321 e. The lowest BCUT2D eigenvalue weighted by Crippen LogP contribution is -2.31. The van der Waals surface area contributed by atoms with Gasteiger partial charge in [0.15, 0.2) is 12.4 Å². The molecule has 0 aromatic heterocycles. The second-order valence-electron chi connectivity index (χ2n) is 6.41. The normalized spacial score (nSPS) is 11.0. The Morgan fingerprint density at radius 1 is 0.966 bits per heavy atom. The molecular formula is C20H22N2O6S. The quantitative estimate of drug-likeness (QED) is 0.500. The lowest BCUT2D eigenvalue weighted by molar-refractivity contribution is -0.141. The number of hydrogen-bond acceptors (Lipinski definition) is 6. The number of aryl methyl sites for hydroxylation is 2. The number of rotatable bonds is 8. The molecule has 0 heterocycles. The molecule has 0 radical (unpaired) electrons. The lowest BCUT2D eigenvalue weighted by atomic mass is 10.1. The molecule has 0 saturated heterocycles. The minimum absolute atomic E-state index is 0.0451. The summed E-state index contributed by atoms with van der Waals surface area (Å²) < 4.78 is 31.5. The van der Waals surface area contributed by atoms with Gasteiger partial charge in [0.2, 0.25) is 15.9 Å². The van der Waals surface area contributed by atoms with Crippen molar-refractivity contribution >= 4 is 33.4 Å². The first-order valence-corrected chi connectivity index (χ1v) is 10.2. The second kappa shape index (κ2) is 9.44. The number of carbonyl (C=O) groups is 3. The molecule has 0 aliphatic rings. The molecule has 2 rings (SSSR count). The number of amides is 1. The fraction of sp³-hybridized carbons (Fsp3) is 0.250. The van der Waals surface area contributed by atoms with E-state index < -0.39 is 34.9 Å². The molecule has 154 valence electrons. The smallest absolute Gasteiger partial charge is 0.321 e. The van der Waals surface area contributed by atoms with E-state index in [1.54, 1.807) is 25.1 Å². The number of Topliss-reactive ketones (excluding diaryl/α,β-unsaturated/α-hetero) is 1. The third kappa shape index (κ3) is 6.51. The summed E-state index contributed by atoms with van der Waals surface area (Å²) in [5.41, 5.74) is 2.59. The Kier molecular flexibility index (Phi) is 7.24. The van der Waals surface area contributed by atoms with Crippen molar-refractivity contribution in [2.45, 2.75) is 25.7 Å². The van der Waals surface area contributed by atoms with Crippen LogP contribution in [0.4, 0.5) is 5.69 Å². The molecule has 0 aliphatic heterocycles. The van der Waals surface area contributed by atoms with Crippen molar-refractivity contribution in [3.8, 4) is 0 Å². The molecule has 29 heavy (non-hydrogen) atoms. The van der Waals surface area contributed by atoms with E-state index in [0.717, 1.165) is 11.1 Å². The molecule has 0 fully saturated rings. The van der Waals surface area contributed by atoms with Crippen molar-refractivity contribution in [1.82, 2.24) is 4.72 Å². The van der Waals surface area contributed by atoms with Crippen LogP contribution < -0.4 is 10.0 Å². The van der Waals surface area contributed by atoms with Crippen molar-refractivity contribution in [2.75, 3.05) is 18.5 Å². The maximum absolute atomic E-state index is 12.3. The molecule has 0 unspecified atom stereocenters. The summed E-state index contributed by atoms with van der Waals surface area (Å²) in [6.45, 7) is 3.90. The summed E-state index contributed by atoms with van der Waals surface area (Å²) in [5, 5.41) is 2.57. The zero-order valence-electron chi connectivity index (χ0n) is 16.3. The first-order valence-electron chi connectivity index (χ1n) is 8.72. The number of benzene rings is 2. The van der Waals surface area contributed by atoms with Gasteiger partial charge in [-0.15, -0.1) is 0 Å². The van der Waals surface area contributed by atoms with Crippen molar-refractivity contribution in [3.63, 3.8) is 0 Å². The van der Waals surface area contributed by atoms with E-state index in [9.17, 15) is 22.8 Å². The highest BCUT2D eigenvalue weighted by atomic mass is 32.2. The predicted molar refractivity (Wildman–Crippen MR) is 107 cm³/mol. The Hall–Kier alpha value is -3.04. The SMILES string of the molecule is CC(=O)Nc1ccc(C(=O)COC(=O)CNS(=O)(=O)c2ccc(C)c(C)c2)cc1. The van der Waals surface area contributed by atoms with E-state index in [2.05, 4.69) is 10.0 Å². The van der Waals surface area contributed by atoms with E-state index in [-0.39, 0.29) is 10.8 Å². The molecule has 0 aliphatic carbocycles. The highest BCUT2D eigenvalue weighted by Crippen LogP contribution is 2.14.